The Bertz CT molecular complexity index is 537. The van der Waals surface area contributed by atoms with Gasteiger partial charge in [0, 0.05) is 34.9 Å². The van der Waals surface area contributed by atoms with E-state index in [9.17, 15) is 0 Å². The molecule has 0 aliphatic heterocycles. The van der Waals surface area contributed by atoms with Crippen molar-refractivity contribution in [2.24, 2.45) is 5.92 Å². The summed E-state index contributed by atoms with van der Waals surface area (Å²) in [7, 11) is 0. The highest BCUT2D eigenvalue weighted by Crippen LogP contribution is 2.35. The van der Waals surface area contributed by atoms with E-state index in [0.29, 0.717) is 16.9 Å². The van der Waals surface area contributed by atoms with Gasteiger partial charge in [0.05, 0.1) is 6.33 Å². The van der Waals surface area contributed by atoms with Gasteiger partial charge in [-0.1, -0.05) is 56.0 Å². The minimum atomic E-state index is 0.369. The van der Waals surface area contributed by atoms with Crippen LogP contribution >= 0.6 is 23.2 Å². The van der Waals surface area contributed by atoms with E-state index >= 15 is 0 Å². The van der Waals surface area contributed by atoms with E-state index in [-0.39, 0.29) is 0 Å². The molecule has 2 unspecified atom stereocenters. The van der Waals surface area contributed by atoms with E-state index in [2.05, 4.69) is 29.5 Å². The monoisotopic (exact) mass is 310 g/mol. The summed E-state index contributed by atoms with van der Waals surface area (Å²) in [6, 6.07) is 5.80. The lowest BCUT2D eigenvalue weighted by Crippen LogP contribution is -2.16. The Balaban J connectivity index is 2.29. The molecule has 2 nitrogen and oxygen atoms in total. The number of hydrogen-bond donors (Lipinski definition) is 0. The molecule has 108 valence electrons. The standard InChI is InChI=1S/C16H20Cl2N2/c1-3-4-12(2)15(10-20-8-7-19-11-20)14-6-5-13(17)9-16(14)18/h5-9,11-12,15H,3-4,10H2,1-2H3. The summed E-state index contributed by atoms with van der Waals surface area (Å²) in [5.41, 5.74) is 1.17. The van der Waals surface area contributed by atoms with Gasteiger partial charge in [0.2, 0.25) is 0 Å². The fraction of sp³-hybridized carbons (Fsp3) is 0.438. The third-order valence-corrected chi connectivity index (χ3v) is 4.32. The van der Waals surface area contributed by atoms with E-state index in [1.54, 1.807) is 0 Å². The minimum absolute atomic E-state index is 0.369. The average molecular weight is 311 g/mol. The van der Waals surface area contributed by atoms with Crippen molar-refractivity contribution in [1.82, 2.24) is 9.55 Å². The zero-order chi connectivity index (χ0) is 14.5. The SMILES string of the molecule is CCCC(C)C(Cn1ccnc1)c1ccc(Cl)cc1Cl. The van der Waals surface area contributed by atoms with Crippen molar-refractivity contribution in [3.63, 3.8) is 0 Å². The van der Waals surface area contributed by atoms with Gasteiger partial charge in [-0.25, -0.2) is 4.98 Å². The smallest absolute Gasteiger partial charge is 0.0946 e. The van der Waals surface area contributed by atoms with Gasteiger partial charge in [0.1, 0.15) is 0 Å². The Kier molecular flexibility index (Phi) is 5.50. The van der Waals surface area contributed by atoms with Crippen LogP contribution in [0, 0.1) is 5.92 Å². The number of aromatic nitrogens is 2. The molecule has 0 amide bonds. The fourth-order valence-electron chi connectivity index (χ4n) is 2.67. The van der Waals surface area contributed by atoms with Crippen LogP contribution in [0.25, 0.3) is 0 Å². The summed E-state index contributed by atoms with van der Waals surface area (Å²) in [6.45, 7) is 5.40. The number of rotatable bonds is 6. The molecule has 0 saturated carbocycles. The van der Waals surface area contributed by atoms with Gasteiger partial charge in [0.15, 0.2) is 0 Å². The highest BCUT2D eigenvalue weighted by molar-refractivity contribution is 6.35. The van der Waals surface area contributed by atoms with Crippen molar-refractivity contribution in [2.75, 3.05) is 0 Å². The summed E-state index contributed by atoms with van der Waals surface area (Å²) in [5.74, 6) is 0.926. The maximum absolute atomic E-state index is 6.40. The van der Waals surface area contributed by atoms with Crippen molar-refractivity contribution in [3.05, 3.63) is 52.5 Å². The van der Waals surface area contributed by atoms with Gasteiger partial charge in [0.25, 0.3) is 0 Å². The summed E-state index contributed by atoms with van der Waals surface area (Å²) in [4.78, 5) is 4.12. The van der Waals surface area contributed by atoms with Crippen LogP contribution in [0.2, 0.25) is 10.0 Å². The second-order valence-electron chi connectivity index (χ2n) is 5.30. The Morgan fingerprint density at radius 3 is 2.70 bits per heavy atom. The summed E-state index contributed by atoms with van der Waals surface area (Å²) in [5, 5.41) is 1.44. The zero-order valence-corrected chi connectivity index (χ0v) is 13.4. The number of halogens is 2. The third-order valence-electron chi connectivity index (χ3n) is 3.76. The molecule has 1 aromatic heterocycles. The van der Waals surface area contributed by atoms with Crippen molar-refractivity contribution in [2.45, 2.75) is 39.2 Å². The predicted molar refractivity (Wildman–Crippen MR) is 85.5 cm³/mol. The largest absolute Gasteiger partial charge is 0.337 e. The second-order valence-corrected chi connectivity index (χ2v) is 6.14. The van der Waals surface area contributed by atoms with Crippen LogP contribution in [0.5, 0.6) is 0 Å². The van der Waals surface area contributed by atoms with Crippen molar-refractivity contribution in [3.8, 4) is 0 Å². The zero-order valence-electron chi connectivity index (χ0n) is 11.9. The lowest BCUT2D eigenvalue weighted by Gasteiger charge is -2.25. The lowest BCUT2D eigenvalue weighted by molar-refractivity contribution is 0.382. The summed E-state index contributed by atoms with van der Waals surface area (Å²) in [6.07, 6.45) is 8.01. The van der Waals surface area contributed by atoms with Gasteiger partial charge in [-0.3, -0.25) is 0 Å². The molecule has 0 N–H and O–H groups in total. The third kappa shape index (κ3) is 3.77. The van der Waals surface area contributed by atoms with Crippen LogP contribution in [0.4, 0.5) is 0 Å². The Morgan fingerprint density at radius 2 is 2.10 bits per heavy atom. The molecule has 2 aromatic rings. The van der Waals surface area contributed by atoms with Crippen molar-refractivity contribution in [1.29, 1.82) is 0 Å². The number of benzene rings is 1. The van der Waals surface area contributed by atoms with E-state index in [0.717, 1.165) is 11.6 Å². The summed E-state index contributed by atoms with van der Waals surface area (Å²) < 4.78 is 2.11. The van der Waals surface area contributed by atoms with E-state index in [1.165, 1.54) is 18.4 Å². The molecule has 0 aliphatic carbocycles. The first-order valence-corrected chi connectivity index (χ1v) is 7.78. The maximum Gasteiger partial charge on any atom is 0.0946 e. The van der Waals surface area contributed by atoms with E-state index in [1.807, 2.05) is 30.9 Å². The average Bonchev–Trinajstić information content (AvgIpc) is 2.90. The first-order valence-electron chi connectivity index (χ1n) is 7.02. The topological polar surface area (TPSA) is 17.8 Å². The van der Waals surface area contributed by atoms with E-state index in [4.69, 9.17) is 23.2 Å². The molecule has 0 bridgehead atoms. The summed E-state index contributed by atoms with van der Waals surface area (Å²) >= 11 is 12.4. The fourth-order valence-corrected chi connectivity index (χ4v) is 3.21. The van der Waals surface area contributed by atoms with Gasteiger partial charge in [-0.2, -0.15) is 0 Å². The predicted octanol–water partition coefficient (Wildman–Crippen LogP) is 5.41. The van der Waals surface area contributed by atoms with Crippen LogP contribution in [0.1, 0.15) is 38.2 Å². The molecule has 1 heterocycles. The Morgan fingerprint density at radius 1 is 1.30 bits per heavy atom. The maximum atomic E-state index is 6.40. The molecular weight excluding hydrogens is 291 g/mol. The molecule has 2 atom stereocenters. The first kappa shape index (κ1) is 15.4. The van der Waals surface area contributed by atoms with E-state index < -0.39 is 0 Å². The van der Waals surface area contributed by atoms with Crippen molar-refractivity contribution < 1.29 is 0 Å². The Labute approximate surface area is 130 Å². The molecule has 20 heavy (non-hydrogen) atoms. The molecular formula is C16H20Cl2N2. The minimum Gasteiger partial charge on any atom is -0.337 e. The molecule has 2 rings (SSSR count). The van der Waals surface area contributed by atoms with Crippen LogP contribution in [0.15, 0.2) is 36.9 Å². The number of imidazole rings is 1. The van der Waals surface area contributed by atoms with Gasteiger partial charge in [-0.05, 0) is 23.6 Å². The van der Waals surface area contributed by atoms with Crippen LogP contribution < -0.4 is 0 Å². The molecule has 0 fully saturated rings. The molecule has 0 aliphatic rings. The molecule has 1 aromatic carbocycles. The highest BCUT2D eigenvalue weighted by atomic mass is 35.5. The quantitative estimate of drug-likeness (QED) is 0.697. The molecule has 0 saturated heterocycles. The van der Waals surface area contributed by atoms with Gasteiger partial charge in [-0.15, -0.1) is 0 Å². The van der Waals surface area contributed by atoms with Crippen molar-refractivity contribution >= 4 is 23.2 Å². The van der Waals surface area contributed by atoms with Crippen LogP contribution in [-0.2, 0) is 6.54 Å². The lowest BCUT2D eigenvalue weighted by atomic mass is 9.84. The normalized spacial score (nSPS) is 14.2. The highest BCUT2D eigenvalue weighted by Gasteiger charge is 2.21. The molecule has 4 heteroatoms. The number of nitrogens with zero attached hydrogens (tertiary/aromatic N) is 2. The Hall–Kier alpha value is -0.990. The molecule has 0 radical (unpaired) electrons. The number of hydrogen-bond acceptors (Lipinski definition) is 1. The van der Waals surface area contributed by atoms with Crippen LogP contribution in [0.3, 0.4) is 0 Å². The second kappa shape index (κ2) is 7.14. The molecule has 0 spiro atoms. The van der Waals surface area contributed by atoms with Gasteiger partial charge >= 0.3 is 0 Å². The van der Waals surface area contributed by atoms with Gasteiger partial charge < -0.3 is 4.57 Å². The van der Waals surface area contributed by atoms with Crippen LogP contribution in [-0.4, -0.2) is 9.55 Å². The first-order chi connectivity index (χ1) is 9.61.